The number of carbonyl (C=O) groups excluding carboxylic acids is 2. The van der Waals surface area contributed by atoms with Crippen LogP contribution in [0.5, 0.6) is 0 Å². The fourth-order valence-electron chi connectivity index (χ4n) is 4.43. The number of amides is 2. The lowest BCUT2D eigenvalue weighted by Gasteiger charge is -2.32. The summed E-state index contributed by atoms with van der Waals surface area (Å²) in [5.41, 5.74) is 0. The van der Waals surface area contributed by atoms with Crippen LogP contribution < -0.4 is 10.6 Å². The van der Waals surface area contributed by atoms with Gasteiger partial charge in [-0.1, -0.05) is 50.3 Å². The van der Waals surface area contributed by atoms with Crippen LogP contribution in [-0.2, 0) is 19.4 Å². The van der Waals surface area contributed by atoms with Crippen LogP contribution in [-0.4, -0.2) is 60.5 Å². The first-order chi connectivity index (χ1) is 17.2. The third kappa shape index (κ3) is 9.31. The van der Waals surface area contributed by atoms with E-state index in [2.05, 4.69) is 22.5 Å². The lowest BCUT2D eigenvalue weighted by molar-refractivity contribution is -0.130. The van der Waals surface area contributed by atoms with Crippen molar-refractivity contribution in [3.63, 3.8) is 0 Å². The molecule has 2 rings (SSSR count). The largest absolute Gasteiger partial charge is 0.389 e. The quantitative estimate of drug-likeness (QED) is 0.294. The predicted molar refractivity (Wildman–Crippen MR) is 137 cm³/mol. The minimum absolute atomic E-state index is 0.0708. The second kappa shape index (κ2) is 14.6. The minimum atomic E-state index is -3.66. The number of hydrogen-bond acceptors (Lipinski definition) is 6. The van der Waals surface area contributed by atoms with Crippen LogP contribution >= 0.6 is 0 Å². The van der Waals surface area contributed by atoms with E-state index < -0.39 is 51.7 Å². The van der Waals surface area contributed by atoms with Gasteiger partial charge >= 0.3 is 0 Å². The zero-order valence-electron chi connectivity index (χ0n) is 20.4. The highest BCUT2D eigenvalue weighted by molar-refractivity contribution is 7.91. The predicted octanol–water partition coefficient (Wildman–Crippen LogP) is 1.56. The van der Waals surface area contributed by atoms with Crippen LogP contribution in [0.1, 0.15) is 57.8 Å². The summed E-state index contributed by atoms with van der Waals surface area (Å²) in [5.74, 6) is 3.27. The summed E-state index contributed by atoms with van der Waals surface area (Å²) in [4.78, 5) is 25.7. The fraction of sp³-hybridized carbons (Fsp3) is 0.556. The van der Waals surface area contributed by atoms with Gasteiger partial charge < -0.3 is 20.8 Å². The second-order valence-electron chi connectivity index (χ2n) is 9.23. The molecule has 0 saturated heterocycles. The molecule has 1 aliphatic rings. The van der Waals surface area contributed by atoms with E-state index in [9.17, 15) is 28.2 Å². The molecule has 1 aromatic carbocycles. The van der Waals surface area contributed by atoms with E-state index in [1.54, 1.807) is 18.2 Å². The second-order valence-corrected chi connectivity index (χ2v) is 11.3. The van der Waals surface area contributed by atoms with Crippen molar-refractivity contribution in [1.29, 1.82) is 0 Å². The van der Waals surface area contributed by atoms with Crippen LogP contribution in [0.3, 0.4) is 0 Å². The number of aliphatic hydroxyl groups excluding tert-OH is 2. The van der Waals surface area contributed by atoms with Crippen LogP contribution in [0.4, 0.5) is 0 Å². The first-order valence-electron chi connectivity index (χ1n) is 12.3. The van der Waals surface area contributed by atoms with Gasteiger partial charge in [-0.3, -0.25) is 9.59 Å². The molecular formula is C27H36N2O6S. The Morgan fingerprint density at radius 2 is 1.64 bits per heavy atom. The van der Waals surface area contributed by atoms with Gasteiger partial charge in [-0.25, -0.2) is 8.42 Å². The molecule has 9 heteroatoms. The highest BCUT2D eigenvalue weighted by Gasteiger charge is 2.32. The molecule has 1 fully saturated rings. The monoisotopic (exact) mass is 516 g/mol. The maximum Gasteiger partial charge on any atom is 0.243 e. The van der Waals surface area contributed by atoms with Crippen molar-refractivity contribution in [3.05, 3.63) is 30.3 Å². The van der Waals surface area contributed by atoms with E-state index in [1.807, 2.05) is 0 Å². The van der Waals surface area contributed by atoms with Crippen molar-refractivity contribution in [2.75, 3.05) is 5.75 Å². The summed E-state index contributed by atoms with van der Waals surface area (Å²) in [5, 5.41) is 26.2. The van der Waals surface area contributed by atoms with Crippen LogP contribution in [0.2, 0.25) is 0 Å². The Morgan fingerprint density at radius 1 is 1.00 bits per heavy atom. The topological polar surface area (TPSA) is 133 Å². The van der Waals surface area contributed by atoms with Crippen LogP contribution in [0.15, 0.2) is 35.2 Å². The van der Waals surface area contributed by atoms with Gasteiger partial charge in [0, 0.05) is 19.3 Å². The van der Waals surface area contributed by atoms with Crippen LogP contribution in [0, 0.1) is 30.6 Å². The molecule has 1 saturated carbocycles. The van der Waals surface area contributed by atoms with Crippen molar-refractivity contribution in [3.8, 4) is 24.7 Å². The molecule has 0 radical (unpaired) electrons. The molecule has 0 unspecified atom stereocenters. The molecule has 0 aliphatic heterocycles. The molecular weight excluding hydrogens is 480 g/mol. The summed E-state index contributed by atoms with van der Waals surface area (Å²) in [7, 11) is -3.66. The molecule has 196 valence electrons. The molecule has 0 spiro atoms. The van der Waals surface area contributed by atoms with Gasteiger partial charge in [-0.15, -0.1) is 24.7 Å². The zero-order chi connectivity index (χ0) is 26.6. The summed E-state index contributed by atoms with van der Waals surface area (Å²) < 4.78 is 24.9. The summed E-state index contributed by atoms with van der Waals surface area (Å²) in [6.45, 7) is 0. The first kappa shape index (κ1) is 29.4. The summed E-state index contributed by atoms with van der Waals surface area (Å²) in [6, 6.07) is 5.89. The number of carbonyl (C=O) groups is 2. The van der Waals surface area contributed by atoms with Gasteiger partial charge in [0.25, 0.3) is 0 Å². The minimum Gasteiger partial charge on any atom is -0.389 e. The summed E-state index contributed by atoms with van der Waals surface area (Å²) in [6.07, 6.45) is 13.3. The molecule has 1 aromatic rings. The zero-order valence-corrected chi connectivity index (χ0v) is 21.3. The Bertz CT molecular complexity index is 1040. The number of aliphatic hydroxyl groups is 2. The first-order valence-corrected chi connectivity index (χ1v) is 13.9. The van der Waals surface area contributed by atoms with Gasteiger partial charge in [-0.2, -0.15) is 0 Å². The Labute approximate surface area is 214 Å². The number of sulfone groups is 1. The van der Waals surface area contributed by atoms with E-state index >= 15 is 0 Å². The third-order valence-electron chi connectivity index (χ3n) is 6.45. The van der Waals surface area contributed by atoms with Gasteiger partial charge in [0.2, 0.25) is 11.8 Å². The number of nitrogens with one attached hydrogen (secondary N) is 2. The maximum atomic E-state index is 13.1. The van der Waals surface area contributed by atoms with Gasteiger partial charge in [-0.05, 0) is 24.5 Å². The van der Waals surface area contributed by atoms with Crippen LogP contribution in [0.25, 0.3) is 0 Å². The highest BCUT2D eigenvalue weighted by Crippen LogP contribution is 2.28. The van der Waals surface area contributed by atoms with Crippen molar-refractivity contribution >= 4 is 21.7 Å². The van der Waals surface area contributed by atoms with Gasteiger partial charge in [0.1, 0.15) is 12.1 Å². The van der Waals surface area contributed by atoms with E-state index in [0.29, 0.717) is 6.42 Å². The summed E-state index contributed by atoms with van der Waals surface area (Å²) >= 11 is 0. The van der Waals surface area contributed by atoms with Crippen molar-refractivity contribution < 1.29 is 28.2 Å². The number of rotatable bonds is 13. The molecule has 36 heavy (non-hydrogen) atoms. The molecule has 1 aliphatic carbocycles. The molecule has 2 amide bonds. The number of terminal acetylenes is 2. The highest BCUT2D eigenvalue weighted by atomic mass is 32.2. The Kier molecular flexibility index (Phi) is 12.0. The third-order valence-corrected chi connectivity index (χ3v) is 8.18. The lowest BCUT2D eigenvalue weighted by Crippen LogP contribution is -2.55. The Morgan fingerprint density at radius 3 is 2.25 bits per heavy atom. The smallest absolute Gasteiger partial charge is 0.243 e. The molecule has 4 N–H and O–H groups in total. The number of hydrogen-bond donors (Lipinski definition) is 4. The molecule has 0 aromatic heterocycles. The molecule has 4 atom stereocenters. The molecule has 8 nitrogen and oxygen atoms in total. The average molecular weight is 517 g/mol. The SMILES string of the molecule is C#CC[C@H](NC(=O)CCS(=O)(=O)c1ccccc1)C(=O)N[C@@H](CC1CCCCC1)[C@@H](O)[C@@H](O)CC#C. The van der Waals surface area contributed by atoms with E-state index in [0.717, 1.165) is 32.1 Å². The van der Waals surface area contributed by atoms with Crippen molar-refractivity contribution in [1.82, 2.24) is 10.6 Å². The van der Waals surface area contributed by atoms with Gasteiger partial charge in [0.05, 0.1) is 22.8 Å². The fourth-order valence-corrected chi connectivity index (χ4v) is 5.69. The van der Waals surface area contributed by atoms with Gasteiger partial charge in [0.15, 0.2) is 9.84 Å². The number of benzene rings is 1. The lowest BCUT2D eigenvalue weighted by atomic mass is 9.82. The van der Waals surface area contributed by atoms with E-state index in [-0.39, 0.29) is 30.1 Å². The maximum absolute atomic E-state index is 13.1. The molecule has 0 bridgehead atoms. The Balaban J connectivity index is 2.04. The normalized spacial score (nSPS) is 17.6. The average Bonchev–Trinajstić information content (AvgIpc) is 2.87. The molecule has 0 heterocycles. The van der Waals surface area contributed by atoms with E-state index in [1.165, 1.54) is 12.1 Å². The van der Waals surface area contributed by atoms with E-state index in [4.69, 9.17) is 12.8 Å². The van der Waals surface area contributed by atoms with Crippen molar-refractivity contribution in [2.24, 2.45) is 5.92 Å². The Hall–Kier alpha value is -2.85. The van der Waals surface area contributed by atoms with Crippen molar-refractivity contribution in [2.45, 2.75) is 87.0 Å². The standard InChI is InChI=1S/C27H36N2O6S/c1-3-11-22(28-25(31)17-18-36(34,35)21-15-9-6-10-16-21)27(33)29-23(26(32)24(30)12-4-2)19-20-13-7-5-8-14-20/h1-2,6,9-10,15-16,20,22-24,26,30,32H,5,7-8,11-14,17-19H2,(H,28,31)(H,29,33)/t22-,23-,24-,26+/m0/s1.